The fourth-order valence-corrected chi connectivity index (χ4v) is 2.41. The normalized spacial score (nSPS) is 11.5. The van der Waals surface area contributed by atoms with Gasteiger partial charge in [-0.1, -0.05) is 33.1 Å². The Kier molecular flexibility index (Phi) is 9.84. The highest BCUT2D eigenvalue weighted by molar-refractivity contribution is 7.80. The third-order valence-corrected chi connectivity index (χ3v) is 4.06. The predicted octanol–water partition coefficient (Wildman–Crippen LogP) is 3.41. The van der Waals surface area contributed by atoms with Crippen molar-refractivity contribution in [3.8, 4) is 5.75 Å². The number of carbonyl (C=O) groups excluding carboxylic acids is 1. The van der Waals surface area contributed by atoms with Crippen LogP contribution in [0.25, 0.3) is 0 Å². The average molecular weight is 352 g/mol. The van der Waals surface area contributed by atoms with Gasteiger partial charge in [-0.2, -0.15) is 0 Å². The van der Waals surface area contributed by atoms with E-state index in [4.69, 9.17) is 17.0 Å². The summed E-state index contributed by atoms with van der Waals surface area (Å²) < 4.78 is 5.35. The highest BCUT2D eigenvalue weighted by Crippen LogP contribution is 2.12. The SMILES string of the molecule is CCCC[C@H](CC)CNC(=S)NNC(=O)c1ccc(OCC)cc1. The van der Waals surface area contributed by atoms with Crippen LogP contribution in [0.4, 0.5) is 0 Å². The van der Waals surface area contributed by atoms with Crippen molar-refractivity contribution in [2.45, 2.75) is 46.5 Å². The Morgan fingerprint density at radius 3 is 2.46 bits per heavy atom. The number of carbonyl (C=O) groups is 1. The molecule has 0 aliphatic carbocycles. The van der Waals surface area contributed by atoms with Crippen LogP contribution in [-0.4, -0.2) is 24.2 Å². The van der Waals surface area contributed by atoms with Crippen molar-refractivity contribution in [1.29, 1.82) is 0 Å². The molecular weight excluding hydrogens is 322 g/mol. The summed E-state index contributed by atoms with van der Waals surface area (Å²) in [5, 5.41) is 3.60. The fraction of sp³-hybridized carbons (Fsp3) is 0.556. The van der Waals surface area contributed by atoms with Crippen LogP contribution in [0.5, 0.6) is 5.75 Å². The quantitative estimate of drug-likeness (QED) is 0.470. The zero-order valence-electron chi connectivity index (χ0n) is 14.9. The number of thiocarbonyl (C=S) groups is 1. The van der Waals surface area contributed by atoms with Crippen molar-refractivity contribution >= 4 is 23.2 Å². The van der Waals surface area contributed by atoms with Crippen molar-refractivity contribution in [1.82, 2.24) is 16.2 Å². The molecule has 0 unspecified atom stereocenters. The van der Waals surface area contributed by atoms with E-state index in [1.54, 1.807) is 24.3 Å². The predicted molar refractivity (Wildman–Crippen MR) is 102 cm³/mol. The van der Waals surface area contributed by atoms with Gasteiger partial charge < -0.3 is 10.1 Å². The Morgan fingerprint density at radius 1 is 1.17 bits per heavy atom. The molecule has 0 aliphatic heterocycles. The number of unbranched alkanes of at least 4 members (excludes halogenated alkanes) is 1. The Hall–Kier alpha value is -1.82. The molecule has 0 saturated heterocycles. The molecule has 6 heteroatoms. The first kappa shape index (κ1) is 20.2. The van der Waals surface area contributed by atoms with Gasteiger partial charge in [-0.25, -0.2) is 0 Å². The molecule has 3 N–H and O–H groups in total. The summed E-state index contributed by atoms with van der Waals surface area (Å²) in [6.07, 6.45) is 4.75. The van der Waals surface area contributed by atoms with E-state index in [1.807, 2.05) is 6.92 Å². The van der Waals surface area contributed by atoms with Gasteiger partial charge in [-0.15, -0.1) is 0 Å². The minimum Gasteiger partial charge on any atom is -0.494 e. The zero-order valence-corrected chi connectivity index (χ0v) is 15.7. The van der Waals surface area contributed by atoms with Gasteiger partial charge >= 0.3 is 0 Å². The van der Waals surface area contributed by atoms with Gasteiger partial charge in [0.05, 0.1) is 6.61 Å². The fourth-order valence-electron chi connectivity index (χ4n) is 2.28. The third-order valence-electron chi connectivity index (χ3n) is 3.81. The minimum absolute atomic E-state index is 0.236. The van der Waals surface area contributed by atoms with Gasteiger partial charge in [0.25, 0.3) is 5.91 Å². The Morgan fingerprint density at radius 2 is 1.88 bits per heavy atom. The van der Waals surface area contributed by atoms with Crippen LogP contribution in [-0.2, 0) is 0 Å². The molecule has 134 valence electrons. The summed E-state index contributed by atoms with van der Waals surface area (Å²) in [5.41, 5.74) is 5.89. The topological polar surface area (TPSA) is 62.4 Å². The van der Waals surface area contributed by atoms with Gasteiger partial charge in [0.1, 0.15) is 5.75 Å². The number of hydrogen-bond donors (Lipinski definition) is 3. The van der Waals surface area contributed by atoms with Crippen molar-refractivity contribution in [2.24, 2.45) is 5.92 Å². The maximum atomic E-state index is 12.1. The Balaban J connectivity index is 2.33. The summed E-state index contributed by atoms with van der Waals surface area (Å²) in [7, 11) is 0. The smallest absolute Gasteiger partial charge is 0.269 e. The number of nitrogens with one attached hydrogen (secondary N) is 3. The number of hydrogen-bond acceptors (Lipinski definition) is 3. The Labute approximate surface area is 150 Å². The second-order valence-electron chi connectivity index (χ2n) is 5.66. The average Bonchev–Trinajstić information content (AvgIpc) is 2.60. The molecule has 0 radical (unpaired) electrons. The molecule has 1 rings (SSSR count). The van der Waals surface area contributed by atoms with E-state index in [0.717, 1.165) is 18.7 Å². The summed E-state index contributed by atoms with van der Waals surface area (Å²) in [5.74, 6) is 1.11. The molecule has 0 aromatic heterocycles. The van der Waals surface area contributed by atoms with E-state index in [9.17, 15) is 4.79 Å². The molecule has 0 fully saturated rings. The summed E-state index contributed by atoms with van der Waals surface area (Å²) in [4.78, 5) is 12.1. The molecule has 5 nitrogen and oxygen atoms in total. The first-order chi connectivity index (χ1) is 11.6. The second-order valence-corrected chi connectivity index (χ2v) is 6.07. The molecule has 1 aromatic carbocycles. The van der Waals surface area contributed by atoms with E-state index in [2.05, 4.69) is 30.0 Å². The number of benzene rings is 1. The maximum Gasteiger partial charge on any atom is 0.269 e. The zero-order chi connectivity index (χ0) is 17.8. The molecule has 1 aromatic rings. The van der Waals surface area contributed by atoms with Gasteiger partial charge in [-0.05, 0) is 55.7 Å². The summed E-state index contributed by atoms with van der Waals surface area (Å²) >= 11 is 5.20. The van der Waals surface area contributed by atoms with Crippen molar-refractivity contribution in [3.63, 3.8) is 0 Å². The number of ether oxygens (including phenoxy) is 1. The van der Waals surface area contributed by atoms with Gasteiger partial charge in [0.15, 0.2) is 5.11 Å². The van der Waals surface area contributed by atoms with Crippen LogP contribution in [0.15, 0.2) is 24.3 Å². The monoisotopic (exact) mass is 351 g/mol. The second kappa shape index (κ2) is 11.7. The van der Waals surface area contributed by atoms with Gasteiger partial charge in [0.2, 0.25) is 0 Å². The lowest BCUT2D eigenvalue weighted by molar-refractivity contribution is 0.0943. The molecule has 24 heavy (non-hydrogen) atoms. The molecule has 0 saturated carbocycles. The van der Waals surface area contributed by atoms with Crippen molar-refractivity contribution < 1.29 is 9.53 Å². The van der Waals surface area contributed by atoms with E-state index in [-0.39, 0.29) is 5.91 Å². The maximum absolute atomic E-state index is 12.1. The Bertz CT molecular complexity index is 505. The van der Waals surface area contributed by atoms with Crippen LogP contribution in [0.1, 0.15) is 56.8 Å². The van der Waals surface area contributed by atoms with Crippen LogP contribution in [0.2, 0.25) is 0 Å². The van der Waals surface area contributed by atoms with E-state index in [0.29, 0.717) is 23.2 Å². The van der Waals surface area contributed by atoms with Crippen LogP contribution in [0.3, 0.4) is 0 Å². The molecular formula is C18H29N3O2S. The van der Waals surface area contributed by atoms with Crippen LogP contribution in [0, 0.1) is 5.92 Å². The van der Waals surface area contributed by atoms with Crippen molar-refractivity contribution in [2.75, 3.05) is 13.2 Å². The number of amides is 1. The van der Waals surface area contributed by atoms with E-state index < -0.39 is 0 Å². The van der Waals surface area contributed by atoms with Crippen LogP contribution < -0.4 is 20.9 Å². The van der Waals surface area contributed by atoms with Crippen LogP contribution >= 0.6 is 12.2 Å². The lowest BCUT2D eigenvalue weighted by Gasteiger charge is -2.17. The third kappa shape index (κ3) is 7.64. The molecule has 1 atom stereocenters. The first-order valence-corrected chi connectivity index (χ1v) is 9.08. The lowest BCUT2D eigenvalue weighted by atomic mass is 9.99. The first-order valence-electron chi connectivity index (χ1n) is 8.67. The van der Waals surface area contributed by atoms with Crippen molar-refractivity contribution in [3.05, 3.63) is 29.8 Å². The summed E-state index contributed by atoms with van der Waals surface area (Å²) in [6.45, 7) is 7.73. The summed E-state index contributed by atoms with van der Waals surface area (Å²) in [6, 6.07) is 6.98. The largest absolute Gasteiger partial charge is 0.494 e. The molecule has 0 aliphatic rings. The highest BCUT2D eigenvalue weighted by atomic mass is 32.1. The van der Waals surface area contributed by atoms with E-state index in [1.165, 1.54) is 19.3 Å². The molecule has 1 amide bonds. The van der Waals surface area contributed by atoms with Gasteiger partial charge in [0, 0.05) is 12.1 Å². The minimum atomic E-state index is -0.236. The molecule has 0 bridgehead atoms. The number of hydrazine groups is 1. The van der Waals surface area contributed by atoms with E-state index >= 15 is 0 Å². The highest BCUT2D eigenvalue weighted by Gasteiger charge is 2.08. The number of rotatable bonds is 9. The molecule has 0 spiro atoms. The standard InChI is InChI=1S/C18H29N3O2S/c1-4-7-8-14(5-2)13-19-18(24)21-20-17(22)15-9-11-16(12-10-15)23-6-3/h9-12,14H,4-8,13H2,1-3H3,(H,20,22)(H2,19,21,24)/t14-/m0/s1. The lowest BCUT2D eigenvalue weighted by Crippen LogP contribution is -2.47. The molecule has 0 heterocycles. The van der Waals surface area contributed by atoms with Gasteiger partial charge in [-0.3, -0.25) is 15.6 Å².